The highest BCUT2D eigenvalue weighted by Gasteiger charge is 2.16. The summed E-state index contributed by atoms with van der Waals surface area (Å²) in [7, 11) is 0. The Morgan fingerprint density at radius 1 is 0.261 bits per heavy atom. The van der Waals surface area contributed by atoms with Crippen LogP contribution >= 0.6 is 0 Å². The fraction of sp³-hybridized carbons (Fsp3) is 0.735. The maximum Gasteiger partial charge on any atom is 0.306 e. The zero-order valence-electron chi connectivity index (χ0n) is 58.2. The van der Waals surface area contributed by atoms with Crippen LogP contribution < -0.4 is 0 Å². The Morgan fingerprint density at radius 2 is 0.455 bits per heavy atom. The number of unbranched alkanes of at least 4 members (excludes halogenated alkanes) is 42. The minimum Gasteiger partial charge on any atom is -0.462 e. The Hall–Kier alpha value is -3.70. The molecule has 0 aromatic carbocycles. The van der Waals surface area contributed by atoms with E-state index in [9.17, 15) is 14.7 Å². The predicted molar refractivity (Wildman–Crippen MR) is 389 cm³/mol. The molecule has 5 nitrogen and oxygen atoms in total. The standard InChI is InChI=1S/C83H144O5/c1-3-5-7-9-11-13-15-17-19-21-23-25-27-29-31-33-35-37-38-39-40-41-42-43-44-46-48-50-52-54-56-58-60-62-64-66-68-70-72-74-76-78-83(86)88-81(79-84)80-87-82(85)77-75-73-71-69-67-65-63-61-59-57-55-53-51-49-47-45-36-34-32-30-28-26-24-22-20-18-16-14-12-10-8-6-4-2/h5-8,11-14,17-20,23-26,29-32,81,84H,3-4,9-10,15-16,21-22,27-28,33-80H2,1-2H3/b7-5-,8-6-,13-11-,14-12-,19-17-,20-18-,25-23-,26-24-,31-29-,32-30-. The van der Waals surface area contributed by atoms with Crippen molar-refractivity contribution in [1.29, 1.82) is 0 Å². The van der Waals surface area contributed by atoms with Gasteiger partial charge in [0.25, 0.3) is 0 Å². The fourth-order valence-corrected chi connectivity index (χ4v) is 11.1. The van der Waals surface area contributed by atoms with Gasteiger partial charge in [-0.1, -0.05) is 379 Å². The number of rotatable bonds is 70. The van der Waals surface area contributed by atoms with Gasteiger partial charge in [0.2, 0.25) is 0 Å². The number of carbonyl (C=O) groups excluding carboxylic acids is 2. The first kappa shape index (κ1) is 84.3. The van der Waals surface area contributed by atoms with E-state index in [0.29, 0.717) is 12.8 Å². The molecule has 0 aliphatic heterocycles. The number of ether oxygens (including phenoxy) is 2. The second-order valence-electron chi connectivity index (χ2n) is 25.3. The maximum atomic E-state index is 12.4. The van der Waals surface area contributed by atoms with E-state index in [-0.39, 0.29) is 25.2 Å². The molecule has 0 rings (SSSR count). The summed E-state index contributed by atoms with van der Waals surface area (Å²) in [6, 6.07) is 0. The zero-order chi connectivity index (χ0) is 63.3. The highest BCUT2D eigenvalue weighted by Crippen LogP contribution is 2.19. The van der Waals surface area contributed by atoms with E-state index in [1.165, 1.54) is 244 Å². The molecule has 0 amide bonds. The van der Waals surface area contributed by atoms with Gasteiger partial charge in [-0.05, 0) is 103 Å². The molecule has 0 aliphatic carbocycles. The van der Waals surface area contributed by atoms with E-state index in [1.54, 1.807) is 0 Å². The van der Waals surface area contributed by atoms with Crippen molar-refractivity contribution in [2.45, 2.75) is 380 Å². The summed E-state index contributed by atoms with van der Waals surface area (Å²) in [5.41, 5.74) is 0. The molecule has 0 saturated heterocycles. The van der Waals surface area contributed by atoms with Crippen LogP contribution in [0, 0.1) is 0 Å². The lowest BCUT2D eigenvalue weighted by atomic mass is 10.0. The van der Waals surface area contributed by atoms with E-state index in [4.69, 9.17) is 9.47 Å². The molecule has 0 spiro atoms. The van der Waals surface area contributed by atoms with Gasteiger partial charge in [-0.25, -0.2) is 0 Å². The van der Waals surface area contributed by atoms with Crippen LogP contribution in [0.2, 0.25) is 0 Å². The van der Waals surface area contributed by atoms with Crippen LogP contribution in [0.25, 0.3) is 0 Å². The molecule has 0 aliphatic rings. The van der Waals surface area contributed by atoms with Crippen LogP contribution in [0.1, 0.15) is 373 Å². The molecule has 88 heavy (non-hydrogen) atoms. The summed E-state index contributed by atoms with van der Waals surface area (Å²) < 4.78 is 10.8. The van der Waals surface area contributed by atoms with Crippen molar-refractivity contribution < 1.29 is 24.2 Å². The Labute approximate surface area is 547 Å². The highest BCUT2D eigenvalue weighted by molar-refractivity contribution is 5.70. The number of hydrogen-bond donors (Lipinski definition) is 1. The van der Waals surface area contributed by atoms with Gasteiger partial charge < -0.3 is 14.6 Å². The zero-order valence-corrected chi connectivity index (χ0v) is 58.2. The van der Waals surface area contributed by atoms with Gasteiger partial charge in [-0.3, -0.25) is 9.59 Å². The molecule has 1 N–H and O–H groups in total. The van der Waals surface area contributed by atoms with Crippen LogP contribution in [-0.4, -0.2) is 36.4 Å². The molecule has 0 radical (unpaired) electrons. The smallest absolute Gasteiger partial charge is 0.306 e. The summed E-state index contributed by atoms with van der Waals surface area (Å²) in [5, 5.41) is 9.72. The van der Waals surface area contributed by atoms with Gasteiger partial charge in [0, 0.05) is 12.8 Å². The van der Waals surface area contributed by atoms with Crippen molar-refractivity contribution in [2.24, 2.45) is 0 Å². The Morgan fingerprint density at radius 3 is 0.682 bits per heavy atom. The molecular formula is C83H144O5. The van der Waals surface area contributed by atoms with E-state index in [1.807, 2.05) is 0 Å². The third-order valence-electron chi connectivity index (χ3n) is 16.8. The molecule has 0 heterocycles. The molecule has 506 valence electrons. The highest BCUT2D eigenvalue weighted by atomic mass is 16.6. The molecule has 0 aromatic rings. The first-order valence-corrected chi connectivity index (χ1v) is 38.1. The third kappa shape index (κ3) is 74.8. The lowest BCUT2D eigenvalue weighted by molar-refractivity contribution is -0.161. The topological polar surface area (TPSA) is 72.8 Å². The monoisotopic (exact) mass is 1220 g/mol. The van der Waals surface area contributed by atoms with Gasteiger partial charge in [0.05, 0.1) is 6.61 Å². The Bertz CT molecular complexity index is 1720. The summed E-state index contributed by atoms with van der Waals surface area (Å²) in [5.74, 6) is -0.574. The van der Waals surface area contributed by atoms with Gasteiger partial charge in [0.1, 0.15) is 6.61 Å². The van der Waals surface area contributed by atoms with E-state index in [2.05, 4.69) is 135 Å². The van der Waals surface area contributed by atoms with Crippen molar-refractivity contribution in [3.05, 3.63) is 122 Å². The number of aliphatic hydroxyl groups is 1. The largest absolute Gasteiger partial charge is 0.462 e. The molecular weight excluding hydrogens is 1080 g/mol. The number of carbonyl (C=O) groups is 2. The van der Waals surface area contributed by atoms with Crippen LogP contribution in [0.3, 0.4) is 0 Å². The molecule has 0 fully saturated rings. The van der Waals surface area contributed by atoms with Crippen LogP contribution in [-0.2, 0) is 19.1 Å². The van der Waals surface area contributed by atoms with Gasteiger partial charge in [-0.2, -0.15) is 0 Å². The number of allylic oxidation sites excluding steroid dienone is 20. The number of hydrogen-bond acceptors (Lipinski definition) is 5. The van der Waals surface area contributed by atoms with Crippen molar-refractivity contribution in [1.82, 2.24) is 0 Å². The fourth-order valence-electron chi connectivity index (χ4n) is 11.1. The van der Waals surface area contributed by atoms with Gasteiger partial charge in [0.15, 0.2) is 6.10 Å². The summed E-state index contributed by atoms with van der Waals surface area (Å²) >= 11 is 0. The molecule has 0 bridgehead atoms. The third-order valence-corrected chi connectivity index (χ3v) is 16.8. The predicted octanol–water partition coefficient (Wildman–Crippen LogP) is 26.9. The van der Waals surface area contributed by atoms with Crippen LogP contribution in [0.15, 0.2) is 122 Å². The normalized spacial score (nSPS) is 12.9. The summed E-state index contributed by atoms with van der Waals surface area (Å²) in [4.78, 5) is 24.7. The van der Waals surface area contributed by atoms with E-state index in [0.717, 1.165) is 103 Å². The summed E-state index contributed by atoms with van der Waals surface area (Å²) in [6.07, 6.45) is 114. The van der Waals surface area contributed by atoms with Gasteiger partial charge in [-0.15, -0.1) is 0 Å². The first-order valence-electron chi connectivity index (χ1n) is 38.1. The van der Waals surface area contributed by atoms with Crippen LogP contribution in [0.4, 0.5) is 0 Å². The van der Waals surface area contributed by atoms with Crippen molar-refractivity contribution >= 4 is 11.9 Å². The molecule has 0 saturated carbocycles. The lowest BCUT2D eigenvalue weighted by Crippen LogP contribution is -2.28. The van der Waals surface area contributed by atoms with E-state index < -0.39 is 6.10 Å². The van der Waals surface area contributed by atoms with Gasteiger partial charge >= 0.3 is 11.9 Å². The number of aliphatic hydroxyl groups excluding tert-OH is 1. The molecule has 0 aromatic heterocycles. The van der Waals surface area contributed by atoms with Crippen molar-refractivity contribution in [3.63, 3.8) is 0 Å². The van der Waals surface area contributed by atoms with Crippen molar-refractivity contribution in [3.8, 4) is 0 Å². The second kappa shape index (κ2) is 77.5. The average Bonchev–Trinajstić information content (AvgIpc) is 3.56. The van der Waals surface area contributed by atoms with Crippen LogP contribution in [0.5, 0.6) is 0 Å². The van der Waals surface area contributed by atoms with Crippen molar-refractivity contribution in [2.75, 3.05) is 13.2 Å². The SMILES string of the molecule is CC/C=C\C/C=C\C/C=C\C/C=C\C/C=C\CCCCCCCCCCCCCCCCCCCCCCCCCCCC(=O)OC(CO)COC(=O)CCCCCCCCCCCCCCCCCCC/C=C\C/C=C\C/C=C\C/C=C\C/C=C\CC. The first-order chi connectivity index (χ1) is 43.6. The Kier molecular flexibility index (Phi) is 74.3. The average molecular weight is 1220 g/mol. The maximum absolute atomic E-state index is 12.4. The summed E-state index contributed by atoms with van der Waals surface area (Å²) in [6.45, 7) is 3.95. The second-order valence-corrected chi connectivity index (χ2v) is 25.3. The lowest BCUT2D eigenvalue weighted by Gasteiger charge is -2.15. The molecule has 1 atom stereocenters. The minimum atomic E-state index is -0.776. The molecule has 5 heteroatoms. The number of esters is 2. The quantitative estimate of drug-likeness (QED) is 0.0373. The molecule has 1 unspecified atom stereocenters. The minimum absolute atomic E-state index is 0.0647. The van der Waals surface area contributed by atoms with E-state index >= 15 is 0 Å². The Balaban J connectivity index is 3.41.